The molecule has 9 heteroatoms. The number of nitriles is 1. The normalized spacial score (nSPS) is 15.0. The lowest BCUT2D eigenvalue weighted by atomic mass is 10.1. The number of anilines is 1. The van der Waals surface area contributed by atoms with E-state index in [1.807, 2.05) is 24.3 Å². The quantitative estimate of drug-likeness (QED) is 0.592. The maximum absolute atomic E-state index is 12.7. The molecule has 1 aromatic heterocycles. The van der Waals surface area contributed by atoms with E-state index in [0.717, 1.165) is 38.3 Å². The number of benzene rings is 2. The molecule has 0 unspecified atom stereocenters. The highest BCUT2D eigenvalue weighted by atomic mass is 19.3. The number of hydrogen-bond acceptors (Lipinski definition) is 7. The summed E-state index contributed by atoms with van der Waals surface area (Å²) in [5, 5.41) is 13.3. The van der Waals surface area contributed by atoms with E-state index in [2.05, 4.69) is 30.7 Å². The van der Waals surface area contributed by atoms with Crippen LogP contribution in [0.2, 0.25) is 0 Å². The maximum Gasteiger partial charge on any atom is 0.387 e. The highest BCUT2D eigenvalue weighted by molar-refractivity contribution is 5.63. The average Bonchev–Trinajstić information content (AvgIpc) is 3.11. The topological polar surface area (TPSA) is 78.4 Å². The second kappa shape index (κ2) is 9.53. The molecule has 1 aliphatic rings. The van der Waals surface area contributed by atoms with Gasteiger partial charge in [0.25, 0.3) is 0 Å². The average molecular weight is 425 g/mol. The molecule has 1 saturated heterocycles. The van der Waals surface area contributed by atoms with Crippen molar-refractivity contribution in [1.82, 2.24) is 15.0 Å². The molecule has 2 heterocycles. The molecular weight excluding hydrogens is 404 g/mol. The Bertz CT molecular complexity index is 1070. The van der Waals surface area contributed by atoms with E-state index in [0.29, 0.717) is 23.6 Å². The number of para-hydroxylation sites is 2. The van der Waals surface area contributed by atoms with Crippen LogP contribution in [0, 0.1) is 11.3 Å². The van der Waals surface area contributed by atoms with Crippen LogP contribution in [0.4, 0.5) is 14.5 Å². The fourth-order valence-electron chi connectivity index (χ4n) is 3.68. The van der Waals surface area contributed by atoms with Crippen LogP contribution in [-0.4, -0.2) is 47.8 Å². The van der Waals surface area contributed by atoms with Crippen LogP contribution in [0.1, 0.15) is 17.9 Å². The van der Waals surface area contributed by atoms with Crippen molar-refractivity contribution in [2.45, 2.75) is 19.6 Å². The van der Waals surface area contributed by atoms with E-state index in [9.17, 15) is 14.0 Å². The molecule has 0 N–H and O–H groups in total. The van der Waals surface area contributed by atoms with E-state index in [1.54, 1.807) is 18.2 Å². The van der Waals surface area contributed by atoms with Gasteiger partial charge in [-0.15, -0.1) is 0 Å². The second-order valence-electron chi connectivity index (χ2n) is 7.13. The molecule has 2 aromatic carbocycles. The van der Waals surface area contributed by atoms with Gasteiger partial charge in [0, 0.05) is 26.2 Å². The molecule has 3 aromatic rings. The van der Waals surface area contributed by atoms with E-state index in [1.165, 1.54) is 6.07 Å². The summed E-state index contributed by atoms with van der Waals surface area (Å²) < 4.78 is 35.2. The lowest BCUT2D eigenvalue weighted by Crippen LogP contribution is -2.31. The molecule has 0 amide bonds. The number of nitrogens with zero attached hydrogens (tertiary/aromatic N) is 5. The van der Waals surface area contributed by atoms with Gasteiger partial charge in [0.05, 0.1) is 23.4 Å². The third-order valence-corrected chi connectivity index (χ3v) is 5.12. The van der Waals surface area contributed by atoms with Gasteiger partial charge in [-0.3, -0.25) is 4.90 Å². The first-order chi connectivity index (χ1) is 15.1. The third kappa shape index (κ3) is 4.98. The Labute approximate surface area is 178 Å². The van der Waals surface area contributed by atoms with Crippen LogP contribution in [-0.2, 0) is 6.54 Å². The van der Waals surface area contributed by atoms with Gasteiger partial charge < -0.3 is 14.2 Å². The fraction of sp³-hybridized carbons (Fsp3) is 0.318. The van der Waals surface area contributed by atoms with Crippen molar-refractivity contribution in [2.24, 2.45) is 0 Å². The minimum absolute atomic E-state index is 0.00595. The lowest BCUT2D eigenvalue weighted by molar-refractivity contribution is -0.0494. The molecule has 4 rings (SSSR count). The molecule has 0 bridgehead atoms. The molecule has 0 saturated carbocycles. The van der Waals surface area contributed by atoms with Crippen molar-refractivity contribution in [1.29, 1.82) is 5.26 Å². The van der Waals surface area contributed by atoms with Gasteiger partial charge in [0.2, 0.25) is 11.7 Å². The first kappa shape index (κ1) is 20.8. The van der Waals surface area contributed by atoms with Gasteiger partial charge in [-0.25, -0.2) is 0 Å². The highest BCUT2D eigenvalue weighted by Crippen LogP contribution is 2.29. The zero-order valence-corrected chi connectivity index (χ0v) is 16.7. The number of aromatic nitrogens is 2. The number of hydrogen-bond donors (Lipinski definition) is 0. The summed E-state index contributed by atoms with van der Waals surface area (Å²) in [6.45, 7) is 0.751. The first-order valence-electron chi connectivity index (χ1n) is 9.97. The van der Waals surface area contributed by atoms with Crippen LogP contribution in [0.25, 0.3) is 11.4 Å². The van der Waals surface area contributed by atoms with E-state index in [-0.39, 0.29) is 11.6 Å². The number of ether oxygens (including phenoxy) is 1. The fourth-order valence-corrected chi connectivity index (χ4v) is 3.68. The minimum atomic E-state index is -2.93. The Hall–Kier alpha value is -3.51. The van der Waals surface area contributed by atoms with Crippen LogP contribution in [0.3, 0.4) is 0 Å². The van der Waals surface area contributed by atoms with Crippen LogP contribution in [0.15, 0.2) is 53.1 Å². The highest BCUT2D eigenvalue weighted by Gasteiger charge is 2.20. The predicted molar refractivity (Wildman–Crippen MR) is 110 cm³/mol. The summed E-state index contributed by atoms with van der Waals surface area (Å²) in [6, 6.07) is 16.2. The van der Waals surface area contributed by atoms with Crippen molar-refractivity contribution in [3.8, 4) is 23.2 Å². The second-order valence-corrected chi connectivity index (χ2v) is 7.13. The number of halogens is 2. The predicted octanol–water partition coefficient (Wildman–Crippen LogP) is 3.92. The van der Waals surface area contributed by atoms with Crippen molar-refractivity contribution >= 4 is 5.69 Å². The van der Waals surface area contributed by atoms with Gasteiger partial charge in [0.15, 0.2) is 0 Å². The van der Waals surface area contributed by atoms with E-state index >= 15 is 0 Å². The summed E-state index contributed by atoms with van der Waals surface area (Å²) in [4.78, 5) is 8.80. The van der Waals surface area contributed by atoms with Crippen molar-refractivity contribution in [3.63, 3.8) is 0 Å². The number of rotatable bonds is 6. The lowest BCUT2D eigenvalue weighted by Gasteiger charge is -2.24. The molecule has 1 fully saturated rings. The smallest absolute Gasteiger partial charge is 0.387 e. The van der Waals surface area contributed by atoms with Crippen LogP contribution < -0.4 is 9.64 Å². The Morgan fingerprint density at radius 1 is 1.06 bits per heavy atom. The largest absolute Gasteiger partial charge is 0.434 e. The monoisotopic (exact) mass is 425 g/mol. The summed E-state index contributed by atoms with van der Waals surface area (Å²) in [5.74, 6) is 0.629. The molecule has 31 heavy (non-hydrogen) atoms. The van der Waals surface area contributed by atoms with Gasteiger partial charge in [-0.2, -0.15) is 19.0 Å². The Kier molecular flexibility index (Phi) is 6.38. The third-order valence-electron chi connectivity index (χ3n) is 5.12. The van der Waals surface area contributed by atoms with Crippen molar-refractivity contribution in [3.05, 3.63) is 60.0 Å². The minimum Gasteiger partial charge on any atom is -0.434 e. The van der Waals surface area contributed by atoms with E-state index in [4.69, 9.17) is 4.52 Å². The number of alkyl halides is 2. The Morgan fingerprint density at radius 2 is 1.87 bits per heavy atom. The van der Waals surface area contributed by atoms with Gasteiger partial charge in [-0.1, -0.05) is 29.4 Å². The molecule has 0 atom stereocenters. The van der Waals surface area contributed by atoms with Gasteiger partial charge in [-0.05, 0) is 30.7 Å². The molecule has 7 nitrogen and oxygen atoms in total. The summed E-state index contributed by atoms with van der Waals surface area (Å²) >= 11 is 0. The zero-order valence-electron chi connectivity index (χ0n) is 16.7. The van der Waals surface area contributed by atoms with Gasteiger partial charge >= 0.3 is 6.61 Å². The van der Waals surface area contributed by atoms with Crippen LogP contribution in [0.5, 0.6) is 5.75 Å². The van der Waals surface area contributed by atoms with E-state index < -0.39 is 6.61 Å². The van der Waals surface area contributed by atoms with Crippen LogP contribution >= 0.6 is 0 Å². The molecule has 0 spiro atoms. The Morgan fingerprint density at radius 3 is 2.71 bits per heavy atom. The van der Waals surface area contributed by atoms with Crippen molar-refractivity contribution in [2.75, 3.05) is 31.1 Å². The first-order valence-corrected chi connectivity index (χ1v) is 9.97. The Balaban J connectivity index is 1.42. The standard InChI is InChI=1S/C22H21F2N5O2/c23-22(24)30-19-9-4-2-7-17(19)21-26-20(31-27-21)15-28-10-5-11-29(13-12-28)18-8-3-1-6-16(18)14-25/h1-4,6-9,22H,5,10-13,15H2. The summed E-state index contributed by atoms with van der Waals surface area (Å²) in [6.07, 6.45) is 0.922. The molecular formula is C22H21F2N5O2. The zero-order chi connectivity index (χ0) is 21.6. The maximum atomic E-state index is 12.7. The van der Waals surface area contributed by atoms with Gasteiger partial charge in [0.1, 0.15) is 11.8 Å². The molecule has 160 valence electrons. The van der Waals surface area contributed by atoms with Crippen molar-refractivity contribution < 1.29 is 18.0 Å². The summed E-state index contributed by atoms with van der Waals surface area (Å²) in [5.41, 5.74) is 1.97. The molecule has 1 aliphatic heterocycles. The summed E-state index contributed by atoms with van der Waals surface area (Å²) in [7, 11) is 0. The SMILES string of the molecule is N#Cc1ccccc1N1CCCN(Cc2nc(-c3ccccc3OC(F)F)no2)CC1. The molecule has 0 radical (unpaired) electrons. The molecule has 0 aliphatic carbocycles.